The van der Waals surface area contributed by atoms with Gasteiger partial charge in [0.2, 0.25) is 0 Å². The van der Waals surface area contributed by atoms with Gasteiger partial charge in [-0.1, -0.05) is 36.1 Å². The fraction of sp³-hybridized carbons (Fsp3) is 0.0435. The Morgan fingerprint density at radius 2 is 1.60 bits per heavy atom. The first kappa shape index (κ1) is 20.3. The average Bonchev–Trinajstić information content (AvgIpc) is 2.77. The number of nitro groups is 1. The summed E-state index contributed by atoms with van der Waals surface area (Å²) in [5.74, 6) is 4.89. The van der Waals surface area contributed by atoms with Gasteiger partial charge in [-0.3, -0.25) is 14.9 Å². The molecule has 7 nitrogen and oxygen atoms in total. The van der Waals surface area contributed by atoms with Crippen LogP contribution in [0.4, 0.5) is 11.4 Å². The van der Waals surface area contributed by atoms with Gasteiger partial charge in [-0.05, 0) is 42.5 Å². The average molecular weight is 400 g/mol. The van der Waals surface area contributed by atoms with Crippen molar-refractivity contribution in [3.63, 3.8) is 0 Å². The Balaban J connectivity index is 1.80. The maximum Gasteiger partial charge on any atom is 0.337 e. The molecular weight excluding hydrogens is 384 g/mol. The highest BCUT2D eigenvalue weighted by molar-refractivity contribution is 6.07. The van der Waals surface area contributed by atoms with Crippen molar-refractivity contribution in [2.45, 2.75) is 0 Å². The lowest BCUT2D eigenvalue weighted by atomic mass is 10.1. The van der Waals surface area contributed by atoms with Gasteiger partial charge in [0, 0.05) is 22.9 Å². The van der Waals surface area contributed by atoms with E-state index in [4.69, 9.17) is 4.74 Å². The third-order valence-electron chi connectivity index (χ3n) is 4.10. The molecule has 0 unspecified atom stereocenters. The zero-order valence-corrected chi connectivity index (χ0v) is 15.9. The Hall–Kier alpha value is -4.44. The summed E-state index contributed by atoms with van der Waals surface area (Å²) in [6, 6.07) is 19.3. The number of anilines is 1. The molecule has 148 valence electrons. The monoisotopic (exact) mass is 400 g/mol. The summed E-state index contributed by atoms with van der Waals surface area (Å²) >= 11 is 0. The van der Waals surface area contributed by atoms with Gasteiger partial charge in [0.15, 0.2) is 0 Å². The molecule has 3 aromatic carbocycles. The van der Waals surface area contributed by atoms with Gasteiger partial charge in [-0.15, -0.1) is 0 Å². The van der Waals surface area contributed by atoms with Crippen molar-refractivity contribution < 1.29 is 19.2 Å². The Morgan fingerprint density at radius 1 is 0.933 bits per heavy atom. The van der Waals surface area contributed by atoms with E-state index in [1.807, 2.05) is 0 Å². The molecule has 3 rings (SSSR count). The number of rotatable bonds is 4. The van der Waals surface area contributed by atoms with Crippen molar-refractivity contribution >= 4 is 23.3 Å². The molecule has 0 bridgehead atoms. The third kappa shape index (κ3) is 4.88. The van der Waals surface area contributed by atoms with Crippen LogP contribution in [0.25, 0.3) is 0 Å². The minimum atomic E-state index is -0.598. The summed E-state index contributed by atoms with van der Waals surface area (Å²) in [5, 5.41) is 13.8. The lowest BCUT2D eigenvalue weighted by Gasteiger charge is -2.06. The van der Waals surface area contributed by atoms with Crippen molar-refractivity contribution in [3.8, 4) is 11.8 Å². The number of esters is 1. The Bertz CT molecular complexity index is 1190. The molecule has 0 spiro atoms. The highest BCUT2D eigenvalue weighted by Crippen LogP contribution is 2.20. The van der Waals surface area contributed by atoms with E-state index < -0.39 is 16.8 Å². The van der Waals surface area contributed by atoms with Crippen LogP contribution in [-0.2, 0) is 4.74 Å². The fourth-order valence-corrected chi connectivity index (χ4v) is 2.68. The van der Waals surface area contributed by atoms with E-state index in [1.54, 1.807) is 54.6 Å². The number of amides is 1. The van der Waals surface area contributed by atoms with E-state index in [0.717, 1.165) is 0 Å². The molecule has 1 N–H and O–H groups in total. The summed E-state index contributed by atoms with van der Waals surface area (Å²) in [5.41, 5.74) is 1.81. The second-order valence-corrected chi connectivity index (χ2v) is 6.13. The number of nitrogens with zero attached hydrogens (tertiary/aromatic N) is 1. The van der Waals surface area contributed by atoms with Crippen molar-refractivity contribution in [3.05, 3.63) is 105 Å². The predicted molar refractivity (Wildman–Crippen MR) is 111 cm³/mol. The molecule has 0 atom stereocenters. The molecule has 0 fully saturated rings. The number of benzene rings is 3. The van der Waals surface area contributed by atoms with Crippen molar-refractivity contribution in [2.75, 3.05) is 12.4 Å². The molecule has 0 aromatic heterocycles. The van der Waals surface area contributed by atoms with Crippen molar-refractivity contribution in [2.24, 2.45) is 0 Å². The quantitative estimate of drug-likeness (QED) is 0.309. The number of para-hydroxylation sites is 1. The van der Waals surface area contributed by atoms with Gasteiger partial charge < -0.3 is 10.1 Å². The minimum Gasteiger partial charge on any atom is -0.465 e. The van der Waals surface area contributed by atoms with E-state index in [2.05, 4.69) is 17.2 Å². The molecule has 0 aliphatic carbocycles. The van der Waals surface area contributed by atoms with Crippen LogP contribution in [0.5, 0.6) is 0 Å². The maximum absolute atomic E-state index is 12.5. The van der Waals surface area contributed by atoms with E-state index in [-0.39, 0.29) is 11.3 Å². The van der Waals surface area contributed by atoms with Crippen LogP contribution in [0.15, 0.2) is 72.8 Å². The normalized spacial score (nSPS) is 9.77. The SMILES string of the molecule is COC(=O)c1cccc(C#Cc2cccc(NC(=O)c3ccccc3[N+](=O)[O-])c2)c1. The first-order valence-corrected chi connectivity index (χ1v) is 8.83. The molecule has 30 heavy (non-hydrogen) atoms. The number of carbonyl (C=O) groups is 2. The van der Waals surface area contributed by atoms with E-state index in [9.17, 15) is 19.7 Å². The number of hydrogen-bond donors (Lipinski definition) is 1. The number of methoxy groups -OCH3 is 1. The Morgan fingerprint density at radius 3 is 2.30 bits per heavy atom. The smallest absolute Gasteiger partial charge is 0.337 e. The topological polar surface area (TPSA) is 98.5 Å². The lowest BCUT2D eigenvalue weighted by Crippen LogP contribution is -2.13. The van der Waals surface area contributed by atoms with E-state index >= 15 is 0 Å². The number of hydrogen-bond acceptors (Lipinski definition) is 5. The largest absolute Gasteiger partial charge is 0.465 e. The standard InChI is InChI=1S/C23H16N2O5/c1-30-23(27)18-8-4-6-16(14-18)12-13-17-7-5-9-19(15-17)24-22(26)20-10-2-3-11-21(20)25(28)29/h2-11,14-15H,1H3,(H,24,26). The molecule has 3 aromatic rings. The van der Waals surface area contributed by atoms with Gasteiger partial charge in [-0.25, -0.2) is 4.79 Å². The van der Waals surface area contributed by atoms with Crippen LogP contribution in [0.3, 0.4) is 0 Å². The molecule has 0 radical (unpaired) electrons. The van der Waals surface area contributed by atoms with E-state index in [1.165, 1.54) is 25.3 Å². The second kappa shape index (κ2) is 9.17. The van der Waals surface area contributed by atoms with Crippen LogP contribution >= 0.6 is 0 Å². The van der Waals surface area contributed by atoms with Gasteiger partial charge in [0.05, 0.1) is 17.6 Å². The molecule has 0 aliphatic rings. The highest BCUT2D eigenvalue weighted by Gasteiger charge is 2.19. The number of nitrogens with one attached hydrogen (secondary N) is 1. The van der Waals surface area contributed by atoms with E-state index in [0.29, 0.717) is 22.4 Å². The van der Waals surface area contributed by atoms with Gasteiger partial charge in [-0.2, -0.15) is 0 Å². The predicted octanol–water partition coefficient (Wildman–Crippen LogP) is 4.03. The van der Waals surface area contributed by atoms with Crippen LogP contribution in [0, 0.1) is 22.0 Å². The summed E-state index contributed by atoms with van der Waals surface area (Å²) in [6.07, 6.45) is 0. The fourth-order valence-electron chi connectivity index (χ4n) is 2.68. The van der Waals surface area contributed by atoms with Crippen LogP contribution in [0.2, 0.25) is 0 Å². The molecule has 0 aliphatic heterocycles. The molecule has 0 saturated carbocycles. The van der Waals surface area contributed by atoms with Gasteiger partial charge in [0.25, 0.3) is 11.6 Å². The number of carbonyl (C=O) groups excluding carboxylic acids is 2. The van der Waals surface area contributed by atoms with Crippen LogP contribution in [-0.4, -0.2) is 23.9 Å². The van der Waals surface area contributed by atoms with Crippen LogP contribution < -0.4 is 5.32 Å². The summed E-state index contributed by atoms with van der Waals surface area (Å²) in [4.78, 5) is 34.6. The third-order valence-corrected chi connectivity index (χ3v) is 4.10. The number of ether oxygens (including phenoxy) is 1. The first-order valence-electron chi connectivity index (χ1n) is 8.83. The number of nitro benzene ring substituents is 1. The molecule has 0 saturated heterocycles. The molecule has 7 heteroatoms. The van der Waals surface area contributed by atoms with Gasteiger partial charge >= 0.3 is 5.97 Å². The zero-order chi connectivity index (χ0) is 21.5. The first-order chi connectivity index (χ1) is 14.5. The molecule has 1 amide bonds. The highest BCUT2D eigenvalue weighted by atomic mass is 16.6. The maximum atomic E-state index is 12.5. The Kier molecular flexibility index (Phi) is 6.20. The Labute approximate surface area is 172 Å². The molecule has 0 heterocycles. The summed E-state index contributed by atoms with van der Waals surface area (Å²) in [7, 11) is 1.31. The summed E-state index contributed by atoms with van der Waals surface area (Å²) < 4.78 is 4.70. The second-order valence-electron chi connectivity index (χ2n) is 6.13. The molecular formula is C23H16N2O5. The lowest BCUT2D eigenvalue weighted by molar-refractivity contribution is -0.385. The minimum absolute atomic E-state index is 0.0291. The van der Waals surface area contributed by atoms with Crippen molar-refractivity contribution in [1.29, 1.82) is 0 Å². The van der Waals surface area contributed by atoms with Crippen molar-refractivity contribution in [1.82, 2.24) is 0 Å². The van der Waals surface area contributed by atoms with Gasteiger partial charge in [0.1, 0.15) is 5.56 Å². The summed E-state index contributed by atoms with van der Waals surface area (Å²) in [6.45, 7) is 0. The van der Waals surface area contributed by atoms with Crippen LogP contribution in [0.1, 0.15) is 31.8 Å². The zero-order valence-electron chi connectivity index (χ0n) is 15.9.